The quantitative estimate of drug-likeness (QED) is 0.468. The van der Waals surface area contributed by atoms with Crippen molar-refractivity contribution in [3.63, 3.8) is 0 Å². The number of rotatable bonds is 4. The number of carboxylic acids is 1. The molecule has 2 N–H and O–H groups in total. The van der Waals surface area contributed by atoms with E-state index < -0.39 is 5.97 Å². The van der Waals surface area contributed by atoms with Gasteiger partial charge < -0.3 is 14.4 Å². The molecular weight excluding hydrogens is 409 g/mol. The lowest BCUT2D eigenvalue weighted by molar-refractivity contribution is -0.145. The van der Waals surface area contributed by atoms with E-state index in [9.17, 15) is 14.3 Å². The van der Waals surface area contributed by atoms with Gasteiger partial charge in [0.05, 0.1) is 23.1 Å². The van der Waals surface area contributed by atoms with Crippen LogP contribution in [0, 0.1) is 11.7 Å². The van der Waals surface area contributed by atoms with Crippen molar-refractivity contribution in [2.75, 3.05) is 13.2 Å². The monoisotopic (exact) mass is 433 g/mol. The first-order valence-corrected chi connectivity index (χ1v) is 11.2. The number of nitrogens with zero attached hydrogens (tertiary/aromatic N) is 2. The van der Waals surface area contributed by atoms with Gasteiger partial charge >= 0.3 is 5.97 Å². The van der Waals surface area contributed by atoms with E-state index >= 15 is 0 Å². The molecule has 1 aliphatic heterocycles. The largest absolute Gasteiger partial charge is 0.481 e. The number of H-pyrrole nitrogens is 1. The summed E-state index contributed by atoms with van der Waals surface area (Å²) in [4.78, 5) is 11.5. The van der Waals surface area contributed by atoms with Gasteiger partial charge in [0, 0.05) is 41.3 Å². The molecule has 2 aromatic carbocycles. The molecule has 164 valence electrons. The molecule has 32 heavy (non-hydrogen) atoms. The Morgan fingerprint density at radius 1 is 1.12 bits per heavy atom. The average molecular weight is 433 g/mol. The lowest BCUT2D eigenvalue weighted by atomic mass is 9.69. The summed E-state index contributed by atoms with van der Waals surface area (Å²) in [7, 11) is 0. The fourth-order valence-corrected chi connectivity index (χ4v) is 5.49. The number of nitrogens with one attached hydrogen (secondary N) is 1. The summed E-state index contributed by atoms with van der Waals surface area (Å²) < 4.78 is 21.7. The Kier molecular flexibility index (Phi) is 4.54. The fourth-order valence-electron chi connectivity index (χ4n) is 5.49. The fraction of sp³-hybridized carbons (Fsp3) is 0.360. The van der Waals surface area contributed by atoms with Crippen molar-refractivity contribution in [1.29, 1.82) is 0 Å². The molecule has 2 fully saturated rings. The van der Waals surface area contributed by atoms with Gasteiger partial charge in [0.25, 0.3) is 0 Å². The second-order valence-corrected chi connectivity index (χ2v) is 9.03. The first-order chi connectivity index (χ1) is 15.6. The van der Waals surface area contributed by atoms with Crippen molar-refractivity contribution in [2.24, 2.45) is 5.92 Å². The Hall–Kier alpha value is -3.19. The Bertz CT molecular complexity index is 1310. The predicted octanol–water partition coefficient (Wildman–Crippen LogP) is 5.12. The lowest BCUT2D eigenvalue weighted by Crippen LogP contribution is -2.30. The molecule has 4 aromatic rings. The predicted molar refractivity (Wildman–Crippen MR) is 119 cm³/mol. The van der Waals surface area contributed by atoms with Gasteiger partial charge in [-0.2, -0.15) is 5.10 Å². The lowest BCUT2D eigenvalue weighted by Gasteiger charge is -2.35. The van der Waals surface area contributed by atoms with Gasteiger partial charge in [-0.15, -0.1) is 0 Å². The maximum Gasteiger partial charge on any atom is 0.306 e. The van der Waals surface area contributed by atoms with Gasteiger partial charge in [-0.1, -0.05) is 0 Å². The maximum atomic E-state index is 13.8. The number of carbonyl (C=O) groups is 1. The van der Waals surface area contributed by atoms with E-state index in [0.717, 1.165) is 40.3 Å². The molecule has 2 aromatic heterocycles. The van der Waals surface area contributed by atoms with Crippen molar-refractivity contribution >= 4 is 27.8 Å². The Labute approximate surface area is 184 Å². The van der Waals surface area contributed by atoms with E-state index in [-0.39, 0.29) is 17.7 Å². The van der Waals surface area contributed by atoms with Gasteiger partial charge in [0.2, 0.25) is 0 Å². The van der Waals surface area contributed by atoms with Gasteiger partial charge in [-0.05, 0) is 73.6 Å². The summed E-state index contributed by atoms with van der Waals surface area (Å²) in [5, 5.41) is 18.9. The topological polar surface area (TPSA) is 80.1 Å². The molecule has 0 unspecified atom stereocenters. The van der Waals surface area contributed by atoms with Crippen LogP contribution >= 0.6 is 0 Å². The van der Waals surface area contributed by atoms with Crippen LogP contribution in [0.4, 0.5) is 4.39 Å². The highest BCUT2D eigenvalue weighted by molar-refractivity contribution is 5.99. The van der Waals surface area contributed by atoms with Crippen molar-refractivity contribution in [3.05, 3.63) is 59.7 Å². The number of aliphatic carboxylic acids is 1. The zero-order valence-electron chi connectivity index (χ0n) is 17.6. The number of hydrogen-bond donors (Lipinski definition) is 2. The van der Waals surface area contributed by atoms with E-state index in [0.29, 0.717) is 32.0 Å². The van der Waals surface area contributed by atoms with Crippen LogP contribution in [0.25, 0.3) is 27.5 Å². The zero-order chi connectivity index (χ0) is 21.8. The van der Waals surface area contributed by atoms with Crippen molar-refractivity contribution in [3.8, 4) is 5.69 Å². The molecule has 0 spiro atoms. The number of aromatic amines is 1. The molecule has 7 heteroatoms. The summed E-state index contributed by atoms with van der Waals surface area (Å²) in [6.07, 6.45) is 4.94. The zero-order valence-corrected chi connectivity index (χ0v) is 17.6. The van der Waals surface area contributed by atoms with Crippen LogP contribution in [-0.4, -0.2) is 39.1 Å². The van der Waals surface area contributed by atoms with Crippen molar-refractivity contribution < 1.29 is 19.0 Å². The molecular formula is C25H24FN3O3. The van der Waals surface area contributed by atoms with Gasteiger partial charge in [0.1, 0.15) is 5.82 Å². The SMILES string of the molecule is O=C(O)[C@H]1C[C@H](c2c(C3CCOCC3)n(-c3ccc(F)cc3)c3cc4cn[nH]c4cc32)C1. The van der Waals surface area contributed by atoms with Gasteiger partial charge in [0.15, 0.2) is 0 Å². The maximum absolute atomic E-state index is 13.8. The van der Waals surface area contributed by atoms with Gasteiger partial charge in [-0.3, -0.25) is 9.89 Å². The molecule has 6 rings (SSSR count). The smallest absolute Gasteiger partial charge is 0.306 e. The number of halogens is 1. The normalized spacial score (nSPS) is 21.8. The minimum atomic E-state index is -0.716. The van der Waals surface area contributed by atoms with Crippen LogP contribution in [0.1, 0.15) is 48.8 Å². The van der Waals surface area contributed by atoms with E-state index in [2.05, 4.69) is 26.9 Å². The van der Waals surface area contributed by atoms with Crippen molar-refractivity contribution in [2.45, 2.75) is 37.5 Å². The summed E-state index contributed by atoms with van der Waals surface area (Å²) in [5.41, 5.74) is 5.40. The molecule has 1 saturated heterocycles. The van der Waals surface area contributed by atoms with Crippen LogP contribution in [0.15, 0.2) is 42.6 Å². The number of aromatic nitrogens is 3. The molecule has 0 atom stereocenters. The summed E-state index contributed by atoms with van der Waals surface area (Å²) >= 11 is 0. The number of carboxylic acid groups (broad SMARTS) is 1. The van der Waals surface area contributed by atoms with Crippen LogP contribution in [0.2, 0.25) is 0 Å². The molecule has 6 nitrogen and oxygen atoms in total. The number of benzene rings is 2. The molecule has 1 aliphatic carbocycles. The van der Waals surface area contributed by atoms with E-state index in [1.807, 2.05) is 18.3 Å². The second kappa shape index (κ2) is 7.45. The highest BCUT2D eigenvalue weighted by atomic mass is 19.1. The van der Waals surface area contributed by atoms with Crippen LogP contribution in [-0.2, 0) is 9.53 Å². The number of ether oxygens (including phenoxy) is 1. The third-order valence-corrected chi connectivity index (χ3v) is 7.19. The van der Waals surface area contributed by atoms with Gasteiger partial charge in [-0.25, -0.2) is 4.39 Å². The highest BCUT2D eigenvalue weighted by Crippen LogP contribution is 2.50. The summed E-state index contributed by atoms with van der Waals surface area (Å²) in [6.45, 7) is 1.42. The van der Waals surface area contributed by atoms with Crippen LogP contribution < -0.4 is 0 Å². The average Bonchev–Trinajstić information content (AvgIpc) is 3.34. The summed E-state index contributed by atoms with van der Waals surface area (Å²) in [5.74, 6) is -0.775. The molecule has 0 amide bonds. The minimum absolute atomic E-state index is 0.193. The third kappa shape index (κ3) is 3.03. The number of hydrogen-bond acceptors (Lipinski definition) is 3. The summed E-state index contributed by atoms with van der Waals surface area (Å²) in [6, 6.07) is 10.9. The third-order valence-electron chi connectivity index (χ3n) is 7.19. The first-order valence-electron chi connectivity index (χ1n) is 11.2. The molecule has 2 aliphatic rings. The Morgan fingerprint density at radius 3 is 2.59 bits per heavy atom. The standard InChI is InChI=1S/C25H24FN3O3/c26-18-1-3-19(4-2-18)29-22-11-17-13-27-28-21(17)12-20(22)23(15-9-16(10-15)25(30)31)24(29)14-5-7-32-8-6-14/h1-4,11-16H,5-10H2,(H,27,28)(H,30,31)/t15-,16-. The Morgan fingerprint density at radius 2 is 1.88 bits per heavy atom. The van der Waals surface area contributed by atoms with Crippen LogP contribution in [0.5, 0.6) is 0 Å². The van der Waals surface area contributed by atoms with Crippen LogP contribution in [0.3, 0.4) is 0 Å². The second-order valence-electron chi connectivity index (χ2n) is 9.03. The Balaban J connectivity index is 1.63. The van der Waals surface area contributed by atoms with Crippen molar-refractivity contribution in [1.82, 2.24) is 14.8 Å². The molecule has 0 radical (unpaired) electrons. The first kappa shape index (κ1) is 19.5. The van der Waals surface area contributed by atoms with E-state index in [4.69, 9.17) is 4.74 Å². The molecule has 3 heterocycles. The van der Waals surface area contributed by atoms with E-state index in [1.165, 1.54) is 23.4 Å². The molecule has 0 bridgehead atoms. The minimum Gasteiger partial charge on any atom is -0.481 e. The van der Waals surface area contributed by atoms with E-state index in [1.54, 1.807) is 0 Å². The molecule has 1 saturated carbocycles. The number of fused-ring (bicyclic) bond motifs is 2. The highest BCUT2D eigenvalue weighted by Gasteiger charge is 2.40.